The van der Waals surface area contributed by atoms with Gasteiger partial charge in [0.1, 0.15) is 0 Å². The van der Waals surface area contributed by atoms with Gasteiger partial charge in [0.05, 0.1) is 0 Å². The lowest BCUT2D eigenvalue weighted by molar-refractivity contribution is -0.289. The van der Waals surface area contributed by atoms with E-state index in [4.69, 9.17) is 24.1 Å². The summed E-state index contributed by atoms with van der Waals surface area (Å²) in [6, 6.07) is 0. The smallest absolute Gasteiger partial charge is 0.337 e. The number of carboxylic acid groups (broad SMARTS) is 1. The molecule has 10 nitrogen and oxygen atoms in total. The number of carbonyl (C=O) groups is 4. The summed E-state index contributed by atoms with van der Waals surface area (Å²) in [4.78, 5) is 44.6. The molecular formula is C12H16O10. The highest BCUT2D eigenvalue weighted by molar-refractivity contribution is 5.75. The molecule has 1 aliphatic heterocycles. The topological polar surface area (TPSA) is 146 Å². The molecule has 1 rings (SSSR count). The van der Waals surface area contributed by atoms with Crippen LogP contribution in [0.2, 0.25) is 0 Å². The number of aliphatic hydroxyl groups is 1. The molecule has 0 saturated carbocycles. The third-order valence-corrected chi connectivity index (χ3v) is 2.66. The van der Waals surface area contributed by atoms with E-state index in [0.717, 1.165) is 20.8 Å². The monoisotopic (exact) mass is 320 g/mol. The number of aliphatic carboxylic acids is 1. The fraction of sp³-hybridized carbons (Fsp3) is 0.667. The number of carbonyl (C=O) groups excluding carboxylic acids is 3. The minimum absolute atomic E-state index is 0.833. The molecule has 1 aliphatic rings. The average Bonchev–Trinajstić information content (AvgIpc) is 2.34. The maximum Gasteiger partial charge on any atom is 0.337 e. The quantitative estimate of drug-likeness (QED) is 0.467. The zero-order chi connectivity index (χ0) is 17.0. The normalized spacial score (nSPS) is 31.0. The van der Waals surface area contributed by atoms with Crippen LogP contribution >= 0.6 is 0 Å². The van der Waals surface area contributed by atoms with Gasteiger partial charge in [-0.1, -0.05) is 0 Å². The Morgan fingerprint density at radius 1 is 0.818 bits per heavy atom. The van der Waals surface area contributed by atoms with Gasteiger partial charge in [-0.05, 0) is 0 Å². The van der Waals surface area contributed by atoms with Crippen LogP contribution < -0.4 is 0 Å². The van der Waals surface area contributed by atoms with Gasteiger partial charge in [0, 0.05) is 20.8 Å². The zero-order valence-electron chi connectivity index (χ0n) is 12.0. The maximum absolute atomic E-state index is 11.2. The number of rotatable bonds is 4. The second-order valence-corrected chi connectivity index (χ2v) is 4.51. The first kappa shape index (κ1) is 17.9. The standard InChI is InChI=1S/C12H16O10/c1-4(13)19-7-8(20-5(2)14)10(21-6(3)15)12(18)22-9(7)11(16)17/h7-10,12,18H,1-3H3,(H,16,17)/t7-,8+,9+,10-,12?/m1/s1. The van der Waals surface area contributed by atoms with Crippen molar-refractivity contribution >= 4 is 23.9 Å². The Balaban J connectivity index is 3.18. The summed E-state index contributed by atoms with van der Waals surface area (Å²) >= 11 is 0. The molecule has 1 unspecified atom stereocenters. The Morgan fingerprint density at radius 3 is 1.64 bits per heavy atom. The van der Waals surface area contributed by atoms with E-state index in [1.165, 1.54) is 0 Å². The highest BCUT2D eigenvalue weighted by atomic mass is 16.7. The molecule has 2 N–H and O–H groups in total. The van der Waals surface area contributed by atoms with Gasteiger partial charge >= 0.3 is 23.9 Å². The molecule has 0 aromatic rings. The van der Waals surface area contributed by atoms with Crippen molar-refractivity contribution in [3.63, 3.8) is 0 Å². The van der Waals surface area contributed by atoms with Gasteiger partial charge in [0.2, 0.25) is 0 Å². The predicted molar refractivity (Wildman–Crippen MR) is 65.2 cm³/mol. The van der Waals surface area contributed by atoms with E-state index in [0.29, 0.717) is 0 Å². The molecule has 0 spiro atoms. The van der Waals surface area contributed by atoms with Crippen LogP contribution in [0.1, 0.15) is 20.8 Å². The summed E-state index contributed by atoms with van der Waals surface area (Å²) in [5, 5.41) is 18.9. The first-order chi connectivity index (χ1) is 10.1. The first-order valence-electron chi connectivity index (χ1n) is 6.21. The summed E-state index contributed by atoms with van der Waals surface area (Å²) in [5.41, 5.74) is 0. The van der Waals surface area contributed by atoms with Gasteiger partial charge in [-0.2, -0.15) is 0 Å². The molecule has 0 radical (unpaired) electrons. The van der Waals surface area contributed by atoms with Crippen molar-refractivity contribution in [2.45, 2.75) is 51.5 Å². The molecule has 0 bridgehead atoms. The van der Waals surface area contributed by atoms with Crippen molar-refractivity contribution in [1.29, 1.82) is 0 Å². The second-order valence-electron chi connectivity index (χ2n) is 4.51. The maximum atomic E-state index is 11.2. The highest BCUT2D eigenvalue weighted by Crippen LogP contribution is 2.27. The lowest BCUT2D eigenvalue weighted by Gasteiger charge is -2.41. The van der Waals surface area contributed by atoms with E-state index in [1.807, 2.05) is 0 Å². The van der Waals surface area contributed by atoms with Crippen molar-refractivity contribution < 1.29 is 48.3 Å². The average molecular weight is 320 g/mol. The van der Waals surface area contributed by atoms with Crippen LogP contribution in [-0.4, -0.2) is 64.8 Å². The molecule has 0 aromatic heterocycles. The van der Waals surface area contributed by atoms with Crippen LogP contribution in [0, 0.1) is 0 Å². The molecule has 5 atom stereocenters. The van der Waals surface area contributed by atoms with E-state index < -0.39 is 54.6 Å². The van der Waals surface area contributed by atoms with Crippen LogP contribution in [0.25, 0.3) is 0 Å². The first-order valence-corrected chi connectivity index (χ1v) is 6.21. The summed E-state index contributed by atoms with van der Waals surface area (Å²) in [6.45, 7) is 3.06. The van der Waals surface area contributed by atoms with Gasteiger partial charge in [0.15, 0.2) is 30.7 Å². The molecule has 1 fully saturated rings. The summed E-state index contributed by atoms with van der Waals surface area (Å²) in [5.74, 6) is -4.10. The Hall–Kier alpha value is -2.20. The molecule has 0 amide bonds. The molecule has 1 saturated heterocycles. The zero-order valence-corrected chi connectivity index (χ0v) is 12.0. The fourth-order valence-corrected chi connectivity index (χ4v) is 1.99. The second kappa shape index (κ2) is 7.18. The number of hydrogen-bond acceptors (Lipinski definition) is 9. The molecule has 22 heavy (non-hydrogen) atoms. The van der Waals surface area contributed by atoms with Crippen molar-refractivity contribution in [3.05, 3.63) is 0 Å². The van der Waals surface area contributed by atoms with Gasteiger partial charge in [-0.25, -0.2) is 4.79 Å². The number of esters is 3. The van der Waals surface area contributed by atoms with E-state index >= 15 is 0 Å². The minimum atomic E-state index is -1.87. The van der Waals surface area contributed by atoms with Gasteiger partial charge in [0.25, 0.3) is 0 Å². The number of ether oxygens (including phenoxy) is 4. The largest absolute Gasteiger partial charge is 0.479 e. The van der Waals surface area contributed by atoms with Crippen molar-refractivity contribution in [3.8, 4) is 0 Å². The van der Waals surface area contributed by atoms with E-state index in [1.54, 1.807) is 0 Å². The SMILES string of the molecule is CC(=O)O[C@@H]1[C@H](OC(C)=O)[C@@H](OC(C)=O)C(O)O[C@@H]1C(=O)O. The lowest BCUT2D eigenvalue weighted by atomic mass is 9.98. The van der Waals surface area contributed by atoms with Gasteiger partial charge < -0.3 is 29.2 Å². The summed E-state index contributed by atoms with van der Waals surface area (Å²) in [6.07, 6.45) is -8.33. The molecule has 0 aromatic carbocycles. The Bertz CT molecular complexity index is 473. The van der Waals surface area contributed by atoms with Crippen LogP contribution in [0.5, 0.6) is 0 Å². The van der Waals surface area contributed by atoms with Crippen molar-refractivity contribution in [2.75, 3.05) is 0 Å². The van der Waals surface area contributed by atoms with Crippen molar-refractivity contribution in [1.82, 2.24) is 0 Å². The number of carboxylic acids is 1. The predicted octanol–water partition coefficient (Wildman–Crippen LogP) is -1.42. The van der Waals surface area contributed by atoms with Gasteiger partial charge in [-0.15, -0.1) is 0 Å². The molecular weight excluding hydrogens is 304 g/mol. The van der Waals surface area contributed by atoms with Crippen LogP contribution in [0.4, 0.5) is 0 Å². The minimum Gasteiger partial charge on any atom is -0.479 e. The number of aliphatic hydroxyl groups excluding tert-OH is 1. The van der Waals surface area contributed by atoms with Crippen LogP contribution in [0.3, 0.4) is 0 Å². The summed E-state index contributed by atoms with van der Waals surface area (Å²) in [7, 11) is 0. The molecule has 10 heteroatoms. The third kappa shape index (κ3) is 4.40. The van der Waals surface area contributed by atoms with Crippen molar-refractivity contribution in [2.24, 2.45) is 0 Å². The molecule has 124 valence electrons. The molecule has 1 heterocycles. The van der Waals surface area contributed by atoms with Crippen LogP contribution in [-0.2, 0) is 38.1 Å². The Kier molecular flexibility index (Phi) is 5.83. The molecule has 0 aliphatic carbocycles. The lowest BCUT2D eigenvalue weighted by Crippen LogP contribution is -2.63. The Morgan fingerprint density at radius 2 is 1.23 bits per heavy atom. The van der Waals surface area contributed by atoms with Crippen LogP contribution in [0.15, 0.2) is 0 Å². The van der Waals surface area contributed by atoms with E-state index in [-0.39, 0.29) is 0 Å². The fourth-order valence-electron chi connectivity index (χ4n) is 1.99. The van der Waals surface area contributed by atoms with E-state index in [9.17, 15) is 24.3 Å². The Labute approximate surface area is 124 Å². The number of hydrogen-bond donors (Lipinski definition) is 2. The van der Waals surface area contributed by atoms with E-state index in [2.05, 4.69) is 0 Å². The highest BCUT2D eigenvalue weighted by Gasteiger charge is 2.53. The summed E-state index contributed by atoms with van der Waals surface area (Å²) < 4.78 is 19.3. The third-order valence-electron chi connectivity index (χ3n) is 2.66. The van der Waals surface area contributed by atoms with Gasteiger partial charge in [-0.3, -0.25) is 14.4 Å².